The van der Waals surface area contributed by atoms with E-state index in [1.807, 2.05) is 0 Å². The molecule has 0 aromatic heterocycles. The van der Waals surface area contributed by atoms with Crippen molar-refractivity contribution in [2.24, 2.45) is 11.3 Å². The second kappa shape index (κ2) is 9.61. The Kier molecular flexibility index (Phi) is 7.38. The molecule has 5 nitrogen and oxygen atoms in total. The third-order valence-corrected chi connectivity index (χ3v) is 7.43. The van der Waals surface area contributed by atoms with Crippen LogP contribution < -0.4 is 4.72 Å². The highest BCUT2D eigenvalue weighted by molar-refractivity contribution is 7.88. The predicted octanol–water partition coefficient (Wildman–Crippen LogP) is 3.53. The van der Waals surface area contributed by atoms with Crippen LogP contribution in [0, 0.1) is 11.3 Å². The maximum Gasteiger partial charge on any atom is 0.228 e. The Labute approximate surface area is 176 Å². The van der Waals surface area contributed by atoms with Crippen LogP contribution in [0.2, 0.25) is 0 Å². The van der Waals surface area contributed by atoms with E-state index in [1.54, 1.807) is 0 Å². The van der Waals surface area contributed by atoms with Gasteiger partial charge in [-0.25, -0.2) is 13.1 Å². The summed E-state index contributed by atoms with van der Waals surface area (Å²) >= 11 is 0. The van der Waals surface area contributed by atoms with E-state index in [4.69, 9.17) is 0 Å². The molecule has 0 bridgehead atoms. The molecule has 0 unspecified atom stereocenters. The Morgan fingerprint density at radius 1 is 1.07 bits per heavy atom. The first-order chi connectivity index (χ1) is 13.8. The quantitative estimate of drug-likeness (QED) is 0.734. The number of carbonyl (C=O) groups excluding carboxylic acids is 1. The SMILES string of the molecule is CC1(C(=O)N2CCC(Cc3ccc(CCNS(C)(=O)=O)cc3)CC2)CCCCC1. The maximum atomic E-state index is 13.0. The lowest BCUT2D eigenvalue weighted by Crippen LogP contribution is -2.47. The van der Waals surface area contributed by atoms with Crippen LogP contribution in [0.25, 0.3) is 0 Å². The summed E-state index contributed by atoms with van der Waals surface area (Å²) in [5, 5.41) is 0. The standard InChI is InChI=1S/C23H36N2O3S/c1-23(13-4-3-5-14-23)22(26)25-16-11-21(12-17-25)18-20-8-6-19(7-9-20)10-15-24-29(2,27)28/h6-9,21,24H,3-5,10-18H2,1-2H3. The number of nitrogens with zero attached hydrogens (tertiary/aromatic N) is 1. The minimum atomic E-state index is -3.12. The van der Waals surface area contributed by atoms with Crippen LogP contribution in [-0.4, -0.2) is 45.1 Å². The van der Waals surface area contributed by atoms with Gasteiger partial charge in [0.1, 0.15) is 0 Å². The average molecular weight is 421 g/mol. The highest BCUT2D eigenvalue weighted by Crippen LogP contribution is 2.38. The van der Waals surface area contributed by atoms with Gasteiger partial charge in [-0.3, -0.25) is 4.79 Å². The Balaban J connectivity index is 1.44. The zero-order valence-corrected chi connectivity index (χ0v) is 18.8. The fraction of sp³-hybridized carbons (Fsp3) is 0.696. The number of hydrogen-bond acceptors (Lipinski definition) is 3. The fourth-order valence-electron chi connectivity index (χ4n) is 4.82. The summed E-state index contributed by atoms with van der Waals surface area (Å²) in [6.45, 7) is 4.40. The number of carbonyl (C=O) groups is 1. The number of benzene rings is 1. The van der Waals surface area contributed by atoms with E-state index in [9.17, 15) is 13.2 Å². The number of likely N-dealkylation sites (tertiary alicyclic amines) is 1. The molecule has 1 N–H and O–H groups in total. The third-order valence-electron chi connectivity index (χ3n) is 6.70. The van der Waals surface area contributed by atoms with Gasteiger partial charge >= 0.3 is 0 Å². The average Bonchev–Trinajstić information content (AvgIpc) is 2.69. The molecule has 0 spiro atoms. The van der Waals surface area contributed by atoms with Gasteiger partial charge in [-0.2, -0.15) is 0 Å². The van der Waals surface area contributed by atoms with Crippen molar-refractivity contribution >= 4 is 15.9 Å². The molecule has 29 heavy (non-hydrogen) atoms. The van der Waals surface area contributed by atoms with Crippen molar-refractivity contribution in [3.05, 3.63) is 35.4 Å². The van der Waals surface area contributed by atoms with Gasteiger partial charge in [-0.05, 0) is 55.6 Å². The van der Waals surface area contributed by atoms with Crippen LogP contribution >= 0.6 is 0 Å². The number of nitrogens with one attached hydrogen (secondary N) is 1. The zero-order chi connectivity index (χ0) is 20.9. The molecule has 162 valence electrons. The van der Waals surface area contributed by atoms with E-state index in [2.05, 4.69) is 40.8 Å². The Morgan fingerprint density at radius 3 is 2.24 bits per heavy atom. The summed E-state index contributed by atoms with van der Waals surface area (Å²) in [6, 6.07) is 8.52. The van der Waals surface area contributed by atoms with Crippen LogP contribution in [0.15, 0.2) is 24.3 Å². The molecule has 6 heteroatoms. The Hall–Kier alpha value is -1.40. The van der Waals surface area contributed by atoms with Crippen molar-refractivity contribution in [2.75, 3.05) is 25.9 Å². The Morgan fingerprint density at radius 2 is 1.66 bits per heavy atom. The second-order valence-corrected chi connectivity index (χ2v) is 11.1. The molecule has 1 aliphatic carbocycles. The van der Waals surface area contributed by atoms with Crippen molar-refractivity contribution in [3.63, 3.8) is 0 Å². The summed E-state index contributed by atoms with van der Waals surface area (Å²) < 4.78 is 24.8. The van der Waals surface area contributed by atoms with Crippen LogP contribution in [0.3, 0.4) is 0 Å². The molecule has 1 saturated carbocycles. The molecule has 1 saturated heterocycles. The van der Waals surface area contributed by atoms with E-state index < -0.39 is 10.0 Å². The van der Waals surface area contributed by atoms with Gasteiger partial charge in [0, 0.05) is 25.0 Å². The van der Waals surface area contributed by atoms with Crippen molar-refractivity contribution in [1.82, 2.24) is 9.62 Å². The minimum absolute atomic E-state index is 0.118. The van der Waals surface area contributed by atoms with Gasteiger partial charge in [0.15, 0.2) is 0 Å². The lowest BCUT2D eigenvalue weighted by molar-refractivity contribution is -0.144. The molecular formula is C23H36N2O3S. The predicted molar refractivity (Wildman–Crippen MR) is 117 cm³/mol. The van der Waals surface area contributed by atoms with E-state index >= 15 is 0 Å². The molecule has 3 rings (SSSR count). The number of piperidine rings is 1. The number of sulfonamides is 1. The van der Waals surface area contributed by atoms with E-state index in [0.29, 0.717) is 24.8 Å². The molecule has 1 aromatic carbocycles. The van der Waals surface area contributed by atoms with Gasteiger partial charge in [0.2, 0.25) is 15.9 Å². The topological polar surface area (TPSA) is 66.5 Å². The summed E-state index contributed by atoms with van der Waals surface area (Å²) in [4.78, 5) is 15.1. The lowest BCUT2D eigenvalue weighted by atomic mass is 9.74. The molecule has 1 heterocycles. The van der Waals surface area contributed by atoms with Crippen LogP contribution in [0.1, 0.15) is 63.0 Å². The van der Waals surface area contributed by atoms with Crippen molar-refractivity contribution < 1.29 is 13.2 Å². The van der Waals surface area contributed by atoms with Crippen molar-refractivity contribution in [3.8, 4) is 0 Å². The monoisotopic (exact) mass is 420 g/mol. The fourth-order valence-corrected chi connectivity index (χ4v) is 5.30. The van der Waals surface area contributed by atoms with Gasteiger partial charge in [-0.1, -0.05) is 50.5 Å². The van der Waals surface area contributed by atoms with Gasteiger partial charge in [0.05, 0.1) is 6.26 Å². The van der Waals surface area contributed by atoms with Crippen LogP contribution in [0.4, 0.5) is 0 Å². The summed E-state index contributed by atoms with van der Waals surface area (Å²) in [5.74, 6) is 1.03. The molecule has 2 aliphatic rings. The normalized spacial score (nSPS) is 20.6. The van der Waals surface area contributed by atoms with Crippen LogP contribution in [-0.2, 0) is 27.7 Å². The molecule has 1 amide bonds. The minimum Gasteiger partial charge on any atom is -0.342 e. The first kappa shape index (κ1) is 22.3. The van der Waals surface area contributed by atoms with Crippen LogP contribution in [0.5, 0.6) is 0 Å². The first-order valence-corrected chi connectivity index (χ1v) is 13.0. The second-order valence-electron chi connectivity index (χ2n) is 9.29. The molecule has 0 radical (unpaired) electrons. The van der Waals surface area contributed by atoms with Gasteiger partial charge in [-0.15, -0.1) is 0 Å². The summed E-state index contributed by atoms with van der Waals surface area (Å²) in [6.07, 6.45) is 10.9. The van der Waals surface area contributed by atoms with Crippen molar-refractivity contribution in [1.29, 1.82) is 0 Å². The highest BCUT2D eigenvalue weighted by atomic mass is 32.2. The Bertz CT molecular complexity index is 775. The maximum absolute atomic E-state index is 13.0. The van der Waals surface area contributed by atoms with Gasteiger partial charge < -0.3 is 4.90 Å². The molecule has 0 atom stereocenters. The van der Waals surface area contributed by atoms with E-state index in [0.717, 1.165) is 50.8 Å². The lowest BCUT2D eigenvalue weighted by Gasteiger charge is -2.40. The zero-order valence-electron chi connectivity index (χ0n) is 18.0. The highest BCUT2D eigenvalue weighted by Gasteiger charge is 2.38. The molecular weight excluding hydrogens is 384 g/mol. The van der Waals surface area contributed by atoms with Gasteiger partial charge in [0.25, 0.3) is 0 Å². The largest absolute Gasteiger partial charge is 0.342 e. The number of rotatable bonds is 7. The number of hydrogen-bond donors (Lipinski definition) is 1. The molecule has 1 aliphatic heterocycles. The van der Waals surface area contributed by atoms with E-state index in [-0.39, 0.29) is 5.41 Å². The van der Waals surface area contributed by atoms with Crippen molar-refractivity contribution in [2.45, 2.75) is 64.7 Å². The smallest absolute Gasteiger partial charge is 0.228 e. The molecule has 1 aromatic rings. The third kappa shape index (κ3) is 6.54. The number of amides is 1. The summed E-state index contributed by atoms with van der Waals surface area (Å²) in [7, 11) is -3.12. The summed E-state index contributed by atoms with van der Waals surface area (Å²) in [5.41, 5.74) is 2.35. The first-order valence-electron chi connectivity index (χ1n) is 11.1. The molecule has 2 fully saturated rings. The van der Waals surface area contributed by atoms with E-state index in [1.165, 1.54) is 31.1 Å².